The van der Waals surface area contributed by atoms with Gasteiger partial charge in [-0.3, -0.25) is 4.79 Å². The lowest BCUT2D eigenvalue weighted by Crippen LogP contribution is -2.46. The Labute approximate surface area is 279 Å². The Balaban J connectivity index is 1.20. The zero-order chi connectivity index (χ0) is 31.8. The van der Waals surface area contributed by atoms with Crippen molar-refractivity contribution in [1.29, 1.82) is 0 Å². The summed E-state index contributed by atoms with van der Waals surface area (Å²) >= 11 is 13.8. The molecule has 0 atom stereocenters. The standard InChI is InChI=1S/C35H29Cl2N5O3S/c36-24-9-5-22(6-10-24)19-42-20-27(34(44)45-21-23-7-11-25(37)12-8-23)33(43)26-17-28(38)31(18-30(26)42)40-13-15-41(16-14-40)35-39-29-3-1-2-4-32(29)46-35/h1-12,17-18,20H,13-16,19,21,38H2. The van der Waals surface area contributed by atoms with Gasteiger partial charge in [0.25, 0.3) is 0 Å². The van der Waals surface area contributed by atoms with Crippen LogP contribution in [0, 0.1) is 0 Å². The molecule has 4 aromatic carbocycles. The summed E-state index contributed by atoms with van der Waals surface area (Å²) in [5.41, 5.74) is 10.9. The number of pyridine rings is 1. The van der Waals surface area contributed by atoms with Crippen LogP contribution in [0.4, 0.5) is 16.5 Å². The topological polar surface area (TPSA) is 93.7 Å². The molecule has 0 unspecified atom stereocenters. The maximum atomic E-state index is 13.8. The minimum absolute atomic E-state index is 0.00867. The van der Waals surface area contributed by atoms with Crippen molar-refractivity contribution in [3.8, 4) is 0 Å². The monoisotopic (exact) mass is 669 g/mol. The molecule has 0 radical (unpaired) electrons. The number of halogens is 2. The molecule has 0 aliphatic carbocycles. The highest BCUT2D eigenvalue weighted by atomic mass is 35.5. The number of hydrogen-bond acceptors (Lipinski definition) is 8. The average molecular weight is 671 g/mol. The van der Waals surface area contributed by atoms with Crippen LogP contribution in [0.25, 0.3) is 21.1 Å². The van der Waals surface area contributed by atoms with Crippen molar-refractivity contribution in [2.24, 2.45) is 0 Å². The summed E-state index contributed by atoms with van der Waals surface area (Å²) in [6, 6.07) is 26.3. The number of fused-ring (bicyclic) bond motifs is 2. The molecule has 3 heterocycles. The van der Waals surface area contributed by atoms with E-state index in [0.717, 1.165) is 53.6 Å². The third-order valence-corrected chi connectivity index (χ3v) is 9.77. The van der Waals surface area contributed by atoms with E-state index in [9.17, 15) is 9.59 Å². The maximum absolute atomic E-state index is 13.8. The van der Waals surface area contributed by atoms with E-state index in [1.807, 2.05) is 53.1 Å². The molecule has 0 saturated carbocycles. The molecule has 1 fully saturated rings. The van der Waals surface area contributed by atoms with Gasteiger partial charge in [0.15, 0.2) is 5.13 Å². The van der Waals surface area contributed by atoms with Crippen molar-refractivity contribution in [3.05, 3.63) is 128 Å². The van der Waals surface area contributed by atoms with E-state index in [-0.39, 0.29) is 12.2 Å². The SMILES string of the molecule is Nc1cc2c(=O)c(C(=O)OCc3ccc(Cl)cc3)cn(Cc3ccc(Cl)cc3)c2cc1N1CCN(c2nc3ccccc3s2)CC1. The molecule has 46 heavy (non-hydrogen) atoms. The van der Waals surface area contributed by atoms with E-state index >= 15 is 0 Å². The van der Waals surface area contributed by atoms with Crippen LogP contribution in [0.1, 0.15) is 21.5 Å². The first kappa shape index (κ1) is 30.1. The van der Waals surface area contributed by atoms with Gasteiger partial charge in [-0.25, -0.2) is 9.78 Å². The first-order valence-electron chi connectivity index (χ1n) is 14.8. The van der Waals surface area contributed by atoms with Crippen molar-refractivity contribution < 1.29 is 9.53 Å². The van der Waals surface area contributed by atoms with Gasteiger partial charge in [-0.1, -0.05) is 70.9 Å². The Bertz CT molecular complexity index is 2090. The number of hydrogen-bond donors (Lipinski definition) is 1. The highest BCUT2D eigenvalue weighted by Crippen LogP contribution is 2.33. The fraction of sp³-hybridized carbons (Fsp3) is 0.171. The van der Waals surface area contributed by atoms with Crippen molar-refractivity contribution in [1.82, 2.24) is 9.55 Å². The average Bonchev–Trinajstić information content (AvgIpc) is 3.51. The summed E-state index contributed by atoms with van der Waals surface area (Å²) in [6.45, 7) is 3.46. The Hall–Kier alpha value is -4.57. The Morgan fingerprint density at radius 2 is 1.52 bits per heavy atom. The maximum Gasteiger partial charge on any atom is 0.343 e. The van der Waals surface area contributed by atoms with Crippen LogP contribution in [-0.4, -0.2) is 41.7 Å². The van der Waals surface area contributed by atoms with E-state index in [0.29, 0.717) is 33.2 Å². The Morgan fingerprint density at radius 3 is 2.22 bits per heavy atom. The van der Waals surface area contributed by atoms with Gasteiger partial charge < -0.3 is 24.8 Å². The van der Waals surface area contributed by atoms with Crippen molar-refractivity contribution >= 4 is 78.1 Å². The number of nitrogens with zero attached hydrogens (tertiary/aromatic N) is 4. The fourth-order valence-corrected chi connectivity index (χ4v) is 6.99. The Kier molecular flexibility index (Phi) is 8.29. The third kappa shape index (κ3) is 6.13. The number of esters is 1. The number of piperazine rings is 1. The number of ether oxygens (including phenoxy) is 1. The lowest BCUT2D eigenvalue weighted by atomic mass is 10.1. The largest absolute Gasteiger partial charge is 0.457 e. The van der Waals surface area contributed by atoms with Crippen LogP contribution in [0.15, 0.2) is 95.9 Å². The molecule has 2 N–H and O–H groups in total. The van der Waals surface area contributed by atoms with Crippen molar-refractivity contribution in [2.45, 2.75) is 13.2 Å². The number of para-hydroxylation sites is 1. The molecule has 2 aromatic heterocycles. The van der Waals surface area contributed by atoms with Gasteiger partial charge in [0.1, 0.15) is 12.2 Å². The number of anilines is 3. The number of nitrogen functional groups attached to an aromatic ring is 1. The zero-order valence-corrected chi connectivity index (χ0v) is 27.0. The Morgan fingerprint density at radius 1 is 0.870 bits per heavy atom. The molecule has 8 nitrogen and oxygen atoms in total. The van der Waals surface area contributed by atoms with E-state index in [2.05, 4.69) is 15.9 Å². The minimum atomic E-state index is -0.708. The first-order valence-corrected chi connectivity index (χ1v) is 16.4. The molecule has 11 heteroatoms. The van der Waals surface area contributed by atoms with E-state index in [1.54, 1.807) is 47.9 Å². The molecule has 1 saturated heterocycles. The van der Waals surface area contributed by atoms with Crippen LogP contribution in [0.2, 0.25) is 10.0 Å². The lowest BCUT2D eigenvalue weighted by molar-refractivity contribution is 0.0470. The fourth-order valence-electron chi connectivity index (χ4n) is 5.72. The zero-order valence-electron chi connectivity index (χ0n) is 24.7. The first-order chi connectivity index (χ1) is 22.3. The molecular formula is C35H29Cl2N5O3S. The van der Waals surface area contributed by atoms with Gasteiger partial charge in [-0.2, -0.15) is 0 Å². The molecule has 232 valence electrons. The van der Waals surface area contributed by atoms with Crippen LogP contribution in [0.3, 0.4) is 0 Å². The summed E-state index contributed by atoms with van der Waals surface area (Å²) in [4.78, 5) is 36.4. The van der Waals surface area contributed by atoms with Crippen LogP contribution >= 0.6 is 34.5 Å². The quantitative estimate of drug-likeness (QED) is 0.142. The van der Waals surface area contributed by atoms with E-state index in [4.69, 9.17) is 38.7 Å². The number of nitrogens with two attached hydrogens (primary N) is 1. The molecule has 0 amide bonds. The number of rotatable bonds is 7. The number of carbonyl (C=O) groups excluding carboxylic acids is 1. The molecule has 0 bridgehead atoms. The lowest BCUT2D eigenvalue weighted by Gasteiger charge is -2.36. The van der Waals surface area contributed by atoms with Gasteiger partial charge in [-0.05, 0) is 59.7 Å². The van der Waals surface area contributed by atoms with Crippen molar-refractivity contribution in [2.75, 3.05) is 41.7 Å². The van der Waals surface area contributed by atoms with Gasteiger partial charge >= 0.3 is 5.97 Å². The van der Waals surface area contributed by atoms with Crippen LogP contribution < -0.4 is 21.0 Å². The van der Waals surface area contributed by atoms with Gasteiger partial charge in [0.2, 0.25) is 5.43 Å². The second kappa shape index (κ2) is 12.7. The minimum Gasteiger partial charge on any atom is -0.457 e. The van der Waals surface area contributed by atoms with Gasteiger partial charge in [-0.15, -0.1) is 0 Å². The number of benzene rings is 4. The number of aromatic nitrogens is 2. The second-order valence-electron chi connectivity index (χ2n) is 11.2. The molecule has 1 aliphatic heterocycles. The normalized spacial score (nSPS) is 13.4. The van der Waals surface area contributed by atoms with E-state index < -0.39 is 11.4 Å². The molecule has 6 aromatic rings. The van der Waals surface area contributed by atoms with E-state index in [1.165, 1.54) is 4.70 Å². The summed E-state index contributed by atoms with van der Waals surface area (Å²) in [7, 11) is 0. The van der Waals surface area contributed by atoms with Gasteiger partial charge in [0, 0.05) is 54.4 Å². The molecule has 7 rings (SSSR count). The highest BCUT2D eigenvalue weighted by Gasteiger charge is 2.24. The predicted molar refractivity (Wildman–Crippen MR) is 188 cm³/mol. The molecular weight excluding hydrogens is 641 g/mol. The summed E-state index contributed by atoms with van der Waals surface area (Å²) in [5, 5.41) is 2.57. The third-order valence-electron chi connectivity index (χ3n) is 8.17. The number of thiazole rings is 1. The smallest absolute Gasteiger partial charge is 0.343 e. The highest BCUT2D eigenvalue weighted by molar-refractivity contribution is 7.22. The summed E-state index contributed by atoms with van der Waals surface area (Å²) in [6.07, 6.45) is 1.58. The number of carbonyl (C=O) groups is 1. The van der Waals surface area contributed by atoms with Gasteiger partial charge in [0.05, 0.1) is 27.1 Å². The second-order valence-corrected chi connectivity index (χ2v) is 13.1. The predicted octanol–water partition coefficient (Wildman–Crippen LogP) is 7.23. The van der Waals surface area contributed by atoms with Crippen LogP contribution in [0.5, 0.6) is 0 Å². The van der Waals surface area contributed by atoms with Crippen molar-refractivity contribution in [3.63, 3.8) is 0 Å². The van der Waals surface area contributed by atoms with Crippen LogP contribution in [-0.2, 0) is 17.9 Å². The summed E-state index contributed by atoms with van der Waals surface area (Å²) < 4.78 is 8.63. The summed E-state index contributed by atoms with van der Waals surface area (Å²) in [5.74, 6) is -0.708. The molecule has 1 aliphatic rings. The molecule has 0 spiro atoms.